The number of hydrogen-bond donors (Lipinski definition) is 1. The van der Waals surface area contributed by atoms with E-state index in [0.717, 1.165) is 16.3 Å². The highest BCUT2D eigenvalue weighted by Gasteiger charge is 2.31. The Morgan fingerprint density at radius 2 is 2.17 bits per heavy atom. The average Bonchev–Trinajstić information content (AvgIpc) is 2.87. The normalized spacial score (nSPS) is 16.9. The van der Waals surface area contributed by atoms with Gasteiger partial charge in [-0.15, -0.1) is 0 Å². The number of nitrogens with zero attached hydrogens (tertiary/aromatic N) is 2. The zero-order valence-electron chi connectivity index (χ0n) is 13.0. The lowest BCUT2D eigenvalue weighted by atomic mass is 10.1. The number of pyridine rings is 1. The second-order valence-corrected chi connectivity index (χ2v) is 8.17. The summed E-state index contributed by atoms with van der Waals surface area (Å²) in [5, 5.41) is 5.97. The molecule has 1 aliphatic heterocycles. The van der Waals surface area contributed by atoms with Gasteiger partial charge in [-0.3, -0.25) is 4.79 Å². The summed E-state index contributed by atoms with van der Waals surface area (Å²) in [6, 6.07) is 10.2. The number of benzene rings is 1. The van der Waals surface area contributed by atoms with Crippen molar-refractivity contribution < 1.29 is 13.2 Å². The minimum atomic E-state index is -3.74. The topological polar surface area (TPSA) is 93.4 Å². The summed E-state index contributed by atoms with van der Waals surface area (Å²) in [7, 11) is -3.74. The second-order valence-electron chi connectivity index (χ2n) is 5.61. The highest BCUT2D eigenvalue weighted by Crippen LogP contribution is 2.34. The van der Waals surface area contributed by atoms with Gasteiger partial charge in [-0.05, 0) is 49.2 Å². The molecule has 0 unspecified atom stereocenters. The molecule has 126 valence electrons. The fourth-order valence-electron chi connectivity index (χ4n) is 2.80. The summed E-state index contributed by atoms with van der Waals surface area (Å²) in [5.74, 6) is 0.248. The van der Waals surface area contributed by atoms with Gasteiger partial charge in [-0.2, -0.15) is 0 Å². The first-order valence-corrected chi connectivity index (χ1v) is 9.91. The Labute approximate surface area is 145 Å². The molecule has 1 atom stereocenters. The fourth-order valence-corrected chi connectivity index (χ4v) is 4.09. The van der Waals surface area contributed by atoms with Crippen molar-refractivity contribution in [3.63, 3.8) is 0 Å². The Kier molecular flexibility index (Phi) is 4.62. The van der Waals surface area contributed by atoms with Crippen molar-refractivity contribution in [1.29, 1.82) is 0 Å². The molecule has 1 aliphatic rings. The van der Waals surface area contributed by atoms with Crippen molar-refractivity contribution in [3.05, 3.63) is 48.2 Å². The van der Waals surface area contributed by atoms with Crippen LogP contribution in [0.4, 0.5) is 5.69 Å². The molecule has 0 spiro atoms. The first kappa shape index (κ1) is 16.9. The molecule has 0 radical (unpaired) electrons. The van der Waals surface area contributed by atoms with E-state index in [2.05, 4.69) is 4.98 Å². The van der Waals surface area contributed by atoms with E-state index in [1.54, 1.807) is 23.2 Å². The van der Waals surface area contributed by atoms with Crippen LogP contribution in [-0.4, -0.2) is 31.1 Å². The first-order valence-electron chi connectivity index (χ1n) is 7.38. The smallest absolute Gasteiger partial charge is 0.238 e. The van der Waals surface area contributed by atoms with Crippen LogP contribution in [0.3, 0.4) is 0 Å². The maximum atomic E-state index is 12.6. The van der Waals surface area contributed by atoms with Crippen LogP contribution in [0.5, 0.6) is 0 Å². The highest BCUT2D eigenvalue weighted by atomic mass is 32.2. The van der Waals surface area contributed by atoms with Crippen LogP contribution in [0.2, 0.25) is 0 Å². The molecule has 8 heteroatoms. The summed E-state index contributed by atoms with van der Waals surface area (Å²) >= 11 is 1.38. The number of carbonyl (C=O) groups excluding carboxylic acids is 1. The van der Waals surface area contributed by atoms with Crippen LogP contribution in [0.1, 0.15) is 12.5 Å². The number of primary sulfonamides is 1. The number of anilines is 1. The van der Waals surface area contributed by atoms with E-state index in [1.165, 1.54) is 17.8 Å². The maximum Gasteiger partial charge on any atom is 0.238 e. The number of carbonyl (C=O) groups is 1. The summed E-state index contributed by atoms with van der Waals surface area (Å²) in [5.41, 5.74) is 1.58. The van der Waals surface area contributed by atoms with Crippen LogP contribution in [0, 0.1) is 0 Å². The van der Waals surface area contributed by atoms with E-state index >= 15 is 0 Å². The van der Waals surface area contributed by atoms with Gasteiger partial charge in [0, 0.05) is 17.9 Å². The quantitative estimate of drug-likeness (QED) is 0.836. The molecule has 1 amide bonds. The van der Waals surface area contributed by atoms with E-state index < -0.39 is 10.0 Å². The number of fused-ring (bicyclic) bond motifs is 1. The lowest BCUT2D eigenvalue weighted by Gasteiger charge is -2.22. The zero-order chi connectivity index (χ0) is 17.3. The van der Waals surface area contributed by atoms with Crippen molar-refractivity contribution in [3.8, 4) is 0 Å². The lowest BCUT2D eigenvalue weighted by Crippen LogP contribution is -2.37. The summed E-state index contributed by atoms with van der Waals surface area (Å²) in [4.78, 5) is 18.6. The van der Waals surface area contributed by atoms with Crippen LogP contribution in [0.15, 0.2) is 52.5 Å². The summed E-state index contributed by atoms with van der Waals surface area (Å²) < 4.78 is 23.0. The third kappa shape index (κ3) is 3.45. The van der Waals surface area contributed by atoms with Gasteiger partial charge in [-0.1, -0.05) is 17.8 Å². The number of nitrogens with two attached hydrogens (primary N) is 1. The fraction of sp³-hybridized carbons (Fsp3) is 0.250. The van der Waals surface area contributed by atoms with E-state index in [9.17, 15) is 13.2 Å². The minimum absolute atomic E-state index is 0.0208. The first-order chi connectivity index (χ1) is 11.4. The molecule has 1 aromatic heterocycles. The molecule has 0 fully saturated rings. The lowest BCUT2D eigenvalue weighted by molar-refractivity contribution is -0.116. The summed E-state index contributed by atoms with van der Waals surface area (Å²) in [6.45, 7) is 1.94. The Bertz CT molecular complexity index is 869. The van der Waals surface area contributed by atoms with E-state index in [-0.39, 0.29) is 22.6 Å². The van der Waals surface area contributed by atoms with E-state index in [4.69, 9.17) is 5.14 Å². The van der Waals surface area contributed by atoms with Crippen LogP contribution >= 0.6 is 11.8 Å². The average molecular weight is 363 g/mol. The third-order valence-electron chi connectivity index (χ3n) is 3.85. The van der Waals surface area contributed by atoms with Crippen molar-refractivity contribution in [1.82, 2.24) is 4.98 Å². The molecule has 1 aromatic carbocycles. The number of aromatic nitrogens is 1. The third-order valence-corrected chi connectivity index (χ3v) is 5.68. The number of amides is 1. The number of rotatable bonds is 4. The molecule has 3 rings (SSSR count). The zero-order valence-corrected chi connectivity index (χ0v) is 14.7. The second kappa shape index (κ2) is 6.54. The van der Waals surface area contributed by atoms with Gasteiger partial charge in [0.1, 0.15) is 0 Å². The van der Waals surface area contributed by atoms with Crippen molar-refractivity contribution in [2.24, 2.45) is 5.14 Å². The molecule has 0 saturated heterocycles. The van der Waals surface area contributed by atoms with Gasteiger partial charge in [0.2, 0.25) is 15.9 Å². The Morgan fingerprint density at radius 3 is 2.83 bits per heavy atom. The van der Waals surface area contributed by atoms with Gasteiger partial charge in [0.25, 0.3) is 0 Å². The molecule has 0 aliphatic carbocycles. The highest BCUT2D eigenvalue weighted by molar-refractivity contribution is 7.99. The standard InChI is InChI=1S/C16H17N3O3S2/c1-11-8-12-9-13(24(17,21)22)5-6-14(12)19(11)16(20)10-23-15-4-2-3-7-18-15/h2-7,9,11H,8,10H2,1H3,(H2,17,21,22)/t11-/m0/s1. The Morgan fingerprint density at radius 1 is 1.38 bits per heavy atom. The van der Waals surface area contributed by atoms with Gasteiger partial charge in [0.05, 0.1) is 15.7 Å². The molecule has 2 aromatic rings. The molecular weight excluding hydrogens is 346 g/mol. The van der Waals surface area contributed by atoms with Crippen LogP contribution < -0.4 is 10.0 Å². The van der Waals surface area contributed by atoms with Gasteiger partial charge >= 0.3 is 0 Å². The van der Waals surface area contributed by atoms with E-state index in [1.807, 2.05) is 25.1 Å². The van der Waals surface area contributed by atoms with Gasteiger partial charge in [0.15, 0.2) is 0 Å². The van der Waals surface area contributed by atoms with Crippen molar-refractivity contribution in [2.75, 3.05) is 10.7 Å². The molecular formula is C16H17N3O3S2. The van der Waals surface area contributed by atoms with Crippen LogP contribution in [0.25, 0.3) is 0 Å². The number of hydrogen-bond acceptors (Lipinski definition) is 5. The van der Waals surface area contributed by atoms with Gasteiger partial charge in [-0.25, -0.2) is 18.5 Å². The monoisotopic (exact) mass is 363 g/mol. The Balaban J connectivity index is 1.79. The van der Waals surface area contributed by atoms with Crippen molar-refractivity contribution in [2.45, 2.75) is 29.3 Å². The predicted molar refractivity (Wildman–Crippen MR) is 93.4 cm³/mol. The largest absolute Gasteiger partial charge is 0.308 e. The summed E-state index contributed by atoms with van der Waals surface area (Å²) in [6.07, 6.45) is 2.30. The molecule has 2 heterocycles. The SMILES string of the molecule is C[C@H]1Cc2cc(S(N)(=O)=O)ccc2N1C(=O)CSc1ccccn1. The van der Waals surface area contributed by atoms with E-state index in [0.29, 0.717) is 6.42 Å². The molecule has 0 saturated carbocycles. The minimum Gasteiger partial charge on any atom is -0.308 e. The number of sulfonamides is 1. The van der Waals surface area contributed by atoms with Gasteiger partial charge < -0.3 is 4.90 Å². The molecule has 24 heavy (non-hydrogen) atoms. The predicted octanol–water partition coefficient (Wildman–Crippen LogP) is 1.80. The van der Waals surface area contributed by atoms with Crippen LogP contribution in [-0.2, 0) is 21.2 Å². The molecule has 2 N–H and O–H groups in total. The molecule has 0 bridgehead atoms. The maximum absolute atomic E-state index is 12.6. The molecule has 6 nitrogen and oxygen atoms in total. The Hall–Kier alpha value is -1.90. The van der Waals surface area contributed by atoms with Crippen molar-refractivity contribution >= 4 is 33.4 Å². The number of thioether (sulfide) groups is 1.